The summed E-state index contributed by atoms with van der Waals surface area (Å²) in [7, 11) is 0. The number of aliphatic carboxylic acids is 2. The summed E-state index contributed by atoms with van der Waals surface area (Å²) in [5.41, 5.74) is 0. The van der Waals surface area contributed by atoms with Crippen LogP contribution < -0.4 is 0 Å². The number of carboxylic acids is 2. The maximum absolute atomic E-state index is 10.6. The Labute approximate surface area is 185 Å². The standard InChI is InChI=1S/C22H42O4.2ClH/c1-2-20(18-19-22(25)26)16-14-12-10-8-6-4-3-5-7-9-11-13-15-17-21(23)24;;/h20H,2-19H2,1H3,(H,23,24)(H,25,26);2*1H. The van der Waals surface area contributed by atoms with Gasteiger partial charge in [0.05, 0.1) is 0 Å². The molecule has 28 heavy (non-hydrogen) atoms. The van der Waals surface area contributed by atoms with E-state index in [2.05, 4.69) is 6.92 Å². The van der Waals surface area contributed by atoms with Crippen molar-refractivity contribution in [3.8, 4) is 0 Å². The van der Waals surface area contributed by atoms with Crippen LogP contribution in [0.1, 0.15) is 122 Å². The van der Waals surface area contributed by atoms with Gasteiger partial charge in [-0.15, -0.1) is 24.8 Å². The van der Waals surface area contributed by atoms with Crippen LogP contribution in [0.25, 0.3) is 0 Å². The highest BCUT2D eigenvalue weighted by Crippen LogP contribution is 2.20. The minimum atomic E-state index is -0.673. The second-order valence-electron chi connectivity index (χ2n) is 7.74. The lowest BCUT2D eigenvalue weighted by Crippen LogP contribution is -2.03. The van der Waals surface area contributed by atoms with Gasteiger partial charge < -0.3 is 10.2 Å². The predicted molar refractivity (Wildman–Crippen MR) is 122 cm³/mol. The zero-order valence-corrected chi connectivity index (χ0v) is 19.5. The average molecular weight is 443 g/mol. The summed E-state index contributed by atoms with van der Waals surface area (Å²) in [6.07, 6.45) is 19.9. The third-order valence-electron chi connectivity index (χ3n) is 5.35. The van der Waals surface area contributed by atoms with Crippen LogP contribution in [0.3, 0.4) is 0 Å². The molecule has 0 aromatic heterocycles. The molecule has 0 saturated carbocycles. The van der Waals surface area contributed by atoms with E-state index in [1.54, 1.807) is 0 Å². The predicted octanol–water partition coefficient (Wildman–Crippen LogP) is 7.66. The Morgan fingerprint density at radius 3 is 1.29 bits per heavy atom. The van der Waals surface area contributed by atoms with Crippen LogP contribution >= 0.6 is 24.8 Å². The lowest BCUT2D eigenvalue weighted by Gasteiger charge is -2.13. The Morgan fingerprint density at radius 2 is 0.929 bits per heavy atom. The number of rotatable bonds is 20. The van der Waals surface area contributed by atoms with Gasteiger partial charge in [-0.05, 0) is 18.8 Å². The lowest BCUT2D eigenvalue weighted by atomic mass is 9.93. The highest BCUT2D eigenvalue weighted by molar-refractivity contribution is 5.85. The van der Waals surface area contributed by atoms with Gasteiger partial charge in [-0.1, -0.05) is 96.8 Å². The third kappa shape index (κ3) is 25.5. The van der Waals surface area contributed by atoms with E-state index in [4.69, 9.17) is 10.2 Å². The first-order valence-electron chi connectivity index (χ1n) is 11.0. The van der Waals surface area contributed by atoms with E-state index in [1.807, 2.05) is 0 Å². The number of carbonyl (C=O) groups is 2. The van der Waals surface area contributed by atoms with Gasteiger partial charge in [-0.3, -0.25) is 9.59 Å². The summed E-state index contributed by atoms with van der Waals surface area (Å²) in [6.45, 7) is 2.17. The molecule has 1 unspecified atom stereocenters. The molecular formula is C22H44Cl2O4. The highest BCUT2D eigenvalue weighted by Gasteiger charge is 2.08. The first-order valence-corrected chi connectivity index (χ1v) is 11.0. The van der Waals surface area contributed by atoms with Crippen molar-refractivity contribution in [2.24, 2.45) is 5.92 Å². The van der Waals surface area contributed by atoms with Crippen LogP contribution in [0.2, 0.25) is 0 Å². The second-order valence-corrected chi connectivity index (χ2v) is 7.74. The maximum Gasteiger partial charge on any atom is 0.303 e. The number of unbranched alkanes of at least 4 members (excludes halogenated alkanes) is 12. The fourth-order valence-corrected chi connectivity index (χ4v) is 3.53. The van der Waals surface area contributed by atoms with Crippen LogP contribution in [-0.4, -0.2) is 22.2 Å². The molecule has 0 bridgehead atoms. The zero-order chi connectivity index (χ0) is 19.5. The SMILES string of the molecule is CCC(CCCCCCCCCCCCCCCC(=O)O)CCC(=O)O.Cl.Cl. The molecule has 0 amide bonds. The highest BCUT2D eigenvalue weighted by atomic mass is 35.5. The summed E-state index contributed by atoms with van der Waals surface area (Å²) in [4.78, 5) is 21.0. The average Bonchev–Trinajstić information content (AvgIpc) is 2.60. The van der Waals surface area contributed by atoms with Gasteiger partial charge >= 0.3 is 11.9 Å². The molecule has 0 aliphatic carbocycles. The largest absolute Gasteiger partial charge is 0.481 e. The number of hydrogen-bond acceptors (Lipinski definition) is 2. The lowest BCUT2D eigenvalue weighted by molar-refractivity contribution is -0.138. The number of carboxylic acid groups (broad SMARTS) is 2. The van der Waals surface area contributed by atoms with Gasteiger partial charge in [0, 0.05) is 12.8 Å². The van der Waals surface area contributed by atoms with Crippen molar-refractivity contribution < 1.29 is 19.8 Å². The Hall–Kier alpha value is -0.480. The Bertz CT molecular complexity index is 351. The molecule has 0 heterocycles. The van der Waals surface area contributed by atoms with E-state index in [-0.39, 0.29) is 24.8 Å². The first kappa shape index (κ1) is 32.2. The molecule has 4 nitrogen and oxygen atoms in total. The molecule has 2 N–H and O–H groups in total. The second kappa shape index (κ2) is 24.6. The molecule has 0 aromatic rings. The first-order chi connectivity index (χ1) is 12.6. The summed E-state index contributed by atoms with van der Waals surface area (Å²) < 4.78 is 0. The van der Waals surface area contributed by atoms with Crippen LogP contribution in [-0.2, 0) is 9.59 Å². The van der Waals surface area contributed by atoms with Crippen molar-refractivity contribution in [1.82, 2.24) is 0 Å². The third-order valence-corrected chi connectivity index (χ3v) is 5.35. The quantitative estimate of drug-likeness (QED) is 0.189. The van der Waals surface area contributed by atoms with E-state index < -0.39 is 11.9 Å². The Morgan fingerprint density at radius 1 is 0.571 bits per heavy atom. The van der Waals surface area contributed by atoms with Crippen LogP contribution in [0.15, 0.2) is 0 Å². The molecular weight excluding hydrogens is 399 g/mol. The monoisotopic (exact) mass is 442 g/mol. The van der Waals surface area contributed by atoms with E-state index in [0.29, 0.717) is 18.8 Å². The molecule has 0 spiro atoms. The van der Waals surface area contributed by atoms with Crippen molar-refractivity contribution >= 4 is 36.8 Å². The van der Waals surface area contributed by atoms with Crippen molar-refractivity contribution in [2.45, 2.75) is 122 Å². The molecule has 0 saturated heterocycles. The smallest absolute Gasteiger partial charge is 0.303 e. The van der Waals surface area contributed by atoms with Gasteiger partial charge in [-0.2, -0.15) is 0 Å². The van der Waals surface area contributed by atoms with Crippen molar-refractivity contribution in [3.63, 3.8) is 0 Å². The van der Waals surface area contributed by atoms with Crippen molar-refractivity contribution in [1.29, 1.82) is 0 Å². The summed E-state index contributed by atoms with van der Waals surface area (Å²) >= 11 is 0. The molecule has 0 aliphatic heterocycles. The van der Waals surface area contributed by atoms with Crippen molar-refractivity contribution in [3.05, 3.63) is 0 Å². The Balaban J connectivity index is -0.00000312. The number of halogens is 2. The summed E-state index contributed by atoms with van der Waals surface area (Å²) in [5, 5.41) is 17.3. The fraction of sp³-hybridized carbons (Fsp3) is 0.909. The van der Waals surface area contributed by atoms with Gasteiger partial charge in [-0.25, -0.2) is 0 Å². The number of hydrogen-bond donors (Lipinski definition) is 2. The minimum absolute atomic E-state index is 0. The van der Waals surface area contributed by atoms with Crippen LogP contribution in [0.4, 0.5) is 0 Å². The molecule has 0 aliphatic rings. The van der Waals surface area contributed by atoms with Crippen molar-refractivity contribution in [2.75, 3.05) is 0 Å². The van der Waals surface area contributed by atoms with Crippen LogP contribution in [0.5, 0.6) is 0 Å². The fourth-order valence-electron chi connectivity index (χ4n) is 3.53. The molecule has 0 radical (unpaired) electrons. The van der Waals surface area contributed by atoms with Gasteiger partial charge in [0.1, 0.15) is 0 Å². The Kier molecular flexibility index (Phi) is 28.2. The molecule has 0 rings (SSSR count). The molecule has 0 fully saturated rings. The van der Waals surface area contributed by atoms with Crippen LogP contribution in [0, 0.1) is 5.92 Å². The zero-order valence-electron chi connectivity index (χ0n) is 17.8. The molecule has 170 valence electrons. The van der Waals surface area contributed by atoms with E-state index in [0.717, 1.165) is 25.7 Å². The topological polar surface area (TPSA) is 74.6 Å². The van der Waals surface area contributed by atoms with Gasteiger partial charge in [0.2, 0.25) is 0 Å². The van der Waals surface area contributed by atoms with Gasteiger partial charge in [0.15, 0.2) is 0 Å². The molecule has 6 heteroatoms. The van der Waals surface area contributed by atoms with E-state index in [1.165, 1.54) is 77.0 Å². The maximum atomic E-state index is 10.6. The minimum Gasteiger partial charge on any atom is -0.481 e. The van der Waals surface area contributed by atoms with E-state index >= 15 is 0 Å². The summed E-state index contributed by atoms with van der Waals surface area (Å²) in [5.74, 6) is -0.745. The van der Waals surface area contributed by atoms with Gasteiger partial charge in [0.25, 0.3) is 0 Å². The molecule has 0 aromatic carbocycles. The normalized spacial score (nSPS) is 11.3. The van der Waals surface area contributed by atoms with E-state index in [9.17, 15) is 9.59 Å². The molecule has 1 atom stereocenters. The summed E-state index contributed by atoms with van der Waals surface area (Å²) in [6, 6.07) is 0.